The number of likely N-dealkylation sites (tertiary alicyclic amines) is 1. The fourth-order valence-corrected chi connectivity index (χ4v) is 5.69. The summed E-state index contributed by atoms with van der Waals surface area (Å²) in [6, 6.07) is 5.30. The Morgan fingerprint density at radius 3 is 2.00 bits per heavy atom. The number of Topliss-reactive ketones (excluding diaryl/α,β-unsaturated/α-hetero) is 1. The average molecular weight is 539 g/mol. The summed E-state index contributed by atoms with van der Waals surface area (Å²) in [7, 11) is -4.31. The van der Waals surface area contributed by atoms with Crippen LogP contribution in [0.5, 0.6) is 0 Å². The van der Waals surface area contributed by atoms with Gasteiger partial charge in [0.1, 0.15) is 11.4 Å². The van der Waals surface area contributed by atoms with Crippen LogP contribution in [0, 0.1) is 0 Å². The average Bonchev–Trinajstić information content (AvgIpc) is 2.66. The number of hydrogen-bond donors (Lipinski definition) is 0. The molecule has 0 unspecified atom stereocenters. The molecule has 1 aromatic rings. The molecule has 2 aliphatic rings. The van der Waals surface area contributed by atoms with E-state index in [-0.39, 0.29) is 15.6 Å². The number of benzene rings is 1. The third-order valence-corrected chi connectivity index (χ3v) is 8.73. The maximum absolute atomic E-state index is 13.0. The van der Waals surface area contributed by atoms with Crippen molar-refractivity contribution >= 4 is 91.1 Å². The molecule has 1 heterocycles. The van der Waals surface area contributed by atoms with Crippen LogP contribution in [-0.2, 0) is 14.8 Å². The van der Waals surface area contributed by atoms with Crippen LogP contribution in [0.15, 0.2) is 44.3 Å². The molecule has 0 bridgehead atoms. The summed E-state index contributed by atoms with van der Waals surface area (Å²) in [6.45, 7) is 1.05. The fourth-order valence-electron chi connectivity index (χ4n) is 3.07. The van der Waals surface area contributed by atoms with E-state index in [1.165, 1.54) is 24.3 Å². The number of nitrogens with zero attached hydrogens (tertiary/aromatic N) is 2. The second-order valence-electron chi connectivity index (χ2n) is 6.56. The molecular formula is C17H14Cl6N2O3S. The van der Waals surface area contributed by atoms with E-state index in [2.05, 4.69) is 4.40 Å². The fraction of sp³-hybridized carbons (Fsp3) is 0.412. The van der Waals surface area contributed by atoms with Crippen molar-refractivity contribution in [2.24, 2.45) is 4.40 Å². The Labute approximate surface area is 198 Å². The molecule has 1 aromatic carbocycles. The zero-order valence-corrected chi connectivity index (χ0v) is 20.0. The highest BCUT2D eigenvalue weighted by molar-refractivity contribution is 7.90. The second kappa shape index (κ2) is 8.38. The molecule has 5 nitrogen and oxygen atoms in total. The summed E-state index contributed by atoms with van der Waals surface area (Å²) in [5.41, 5.74) is -0.555. The zero-order chi connectivity index (χ0) is 21.6. The van der Waals surface area contributed by atoms with Crippen molar-refractivity contribution in [2.45, 2.75) is 32.8 Å². The molecule has 158 valence electrons. The predicted molar refractivity (Wildman–Crippen MR) is 118 cm³/mol. The minimum absolute atomic E-state index is 0.0432. The van der Waals surface area contributed by atoms with E-state index in [1.54, 1.807) is 4.90 Å². The molecule has 1 saturated heterocycles. The zero-order valence-electron chi connectivity index (χ0n) is 14.6. The monoisotopic (exact) mass is 536 g/mol. The van der Waals surface area contributed by atoms with Gasteiger partial charge in [-0.1, -0.05) is 69.6 Å². The number of alkyl halides is 4. The molecule has 0 amide bonds. The Bertz CT molecular complexity index is 996. The molecule has 0 spiro atoms. The number of sulfonamides is 1. The van der Waals surface area contributed by atoms with E-state index in [0.29, 0.717) is 18.1 Å². The van der Waals surface area contributed by atoms with Gasteiger partial charge in [0.25, 0.3) is 10.0 Å². The molecule has 0 N–H and O–H groups in total. The van der Waals surface area contributed by atoms with E-state index in [0.717, 1.165) is 19.3 Å². The Kier molecular flexibility index (Phi) is 6.78. The molecule has 29 heavy (non-hydrogen) atoms. The van der Waals surface area contributed by atoms with Gasteiger partial charge in [0.2, 0.25) is 14.4 Å². The third kappa shape index (κ3) is 4.27. The SMILES string of the molecule is O=C1C(N2CCCCC2)=C(Cl)C(=NS(=O)(=O)c2ccc(Cl)cc2)C(Cl)(Cl)C1(Cl)Cl. The Hall–Kier alpha value is -0.210. The minimum atomic E-state index is -4.31. The topological polar surface area (TPSA) is 66.8 Å². The summed E-state index contributed by atoms with van der Waals surface area (Å²) in [6.07, 6.45) is 2.63. The molecule has 0 atom stereocenters. The van der Waals surface area contributed by atoms with Crippen LogP contribution in [0.25, 0.3) is 0 Å². The van der Waals surface area contributed by atoms with E-state index >= 15 is 0 Å². The number of halogens is 6. The van der Waals surface area contributed by atoms with Crippen molar-refractivity contribution in [1.82, 2.24) is 4.90 Å². The molecule has 0 aromatic heterocycles. The standard InChI is InChI=1S/C17H14Cl6N2O3S/c18-10-4-6-11(7-5-10)29(27,28)24-14-12(19)13(25-8-2-1-3-9-25)15(26)17(22,23)16(14,20)21/h4-7H,1-3,8-9H2. The van der Waals surface area contributed by atoms with Crippen molar-refractivity contribution in [1.29, 1.82) is 0 Å². The second-order valence-corrected chi connectivity index (χ2v) is 11.6. The Balaban J connectivity index is 2.20. The first-order chi connectivity index (χ1) is 13.4. The maximum Gasteiger partial charge on any atom is 0.282 e. The summed E-state index contributed by atoms with van der Waals surface area (Å²) in [5.74, 6) is -0.805. The molecule has 3 rings (SSSR count). The van der Waals surface area contributed by atoms with Crippen LogP contribution < -0.4 is 0 Å². The van der Waals surface area contributed by atoms with Crippen LogP contribution in [0.4, 0.5) is 0 Å². The molecule has 12 heteroatoms. The van der Waals surface area contributed by atoms with Gasteiger partial charge in [-0.25, -0.2) is 0 Å². The molecule has 0 saturated carbocycles. The van der Waals surface area contributed by atoms with Gasteiger partial charge in [-0.15, -0.1) is 0 Å². The third-order valence-electron chi connectivity index (χ3n) is 4.60. The molecule has 1 fully saturated rings. The van der Waals surface area contributed by atoms with Crippen LogP contribution in [0.3, 0.4) is 0 Å². The first-order valence-electron chi connectivity index (χ1n) is 8.46. The van der Waals surface area contributed by atoms with Gasteiger partial charge in [-0.2, -0.15) is 12.8 Å². The Morgan fingerprint density at radius 1 is 0.897 bits per heavy atom. The van der Waals surface area contributed by atoms with Crippen molar-refractivity contribution in [3.63, 3.8) is 0 Å². The van der Waals surface area contributed by atoms with E-state index in [1.807, 2.05) is 0 Å². The van der Waals surface area contributed by atoms with E-state index in [4.69, 9.17) is 69.6 Å². The highest BCUT2D eigenvalue weighted by atomic mass is 35.5. The van der Waals surface area contributed by atoms with Gasteiger partial charge in [0, 0.05) is 18.1 Å². The number of ketones is 1. The lowest BCUT2D eigenvalue weighted by atomic mass is 9.96. The summed E-state index contributed by atoms with van der Waals surface area (Å²) >= 11 is 37.2. The number of rotatable bonds is 3. The maximum atomic E-state index is 13.0. The van der Waals surface area contributed by atoms with Gasteiger partial charge >= 0.3 is 0 Å². The van der Waals surface area contributed by atoms with E-state index < -0.39 is 30.2 Å². The van der Waals surface area contributed by atoms with Crippen LogP contribution in [-0.4, -0.2) is 46.6 Å². The molecular weight excluding hydrogens is 525 g/mol. The highest BCUT2D eigenvalue weighted by Crippen LogP contribution is 2.52. The molecule has 1 aliphatic heterocycles. The number of hydrogen-bond acceptors (Lipinski definition) is 4. The summed E-state index contributed by atoms with van der Waals surface area (Å²) in [4.78, 5) is 14.5. The van der Waals surface area contributed by atoms with Gasteiger partial charge in [-0.3, -0.25) is 4.79 Å². The summed E-state index contributed by atoms with van der Waals surface area (Å²) in [5, 5.41) is 0.0473. The van der Waals surface area contributed by atoms with Gasteiger partial charge in [0.05, 0.1) is 9.93 Å². The lowest BCUT2D eigenvalue weighted by Gasteiger charge is -2.41. The van der Waals surface area contributed by atoms with Crippen LogP contribution >= 0.6 is 69.6 Å². The van der Waals surface area contributed by atoms with Crippen molar-refractivity contribution in [3.8, 4) is 0 Å². The van der Waals surface area contributed by atoms with Crippen molar-refractivity contribution in [2.75, 3.05) is 13.1 Å². The van der Waals surface area contributed by atoms with Crippen LogP contribution in [0.2, 0.25) is 5.02 Å². The predicted octanol–water partition coefficient (Wildman–Crippen LogP) is 5.34. The summed E-state index contributed by atoms with van der Waals surface area (Å²) < 4.78 is 24.5. The van der Waals surface area contributed by atoms with E-state index in [9.17, 15) is 13.2 Å². The molecule has 1 aliphatic carbocycles. The van der Waals surface area contributed by atoms with Gasteiger partial charge < -0.3 is 4.90 Å². The number of carbonyl (C=O) groups excluding carboxylic acids is 1. The van der Waals surface area contributed by atoms with Gasteiger partial charge in [-0.05, 0) is 43.5 Å². The first kappa shape index (κ1) is 23.5. The minimum Gasteiger partial charge on any atom is -0.367 e. The lowest BCUT2D eigenvalue weighted by Crippen LogP contribution is -2.56. The normalized spacial score (nSPS) is 23.6. The smallest absolute Gasteiger partial charge is 0.282 e. The highest BCUT2D eigenvalue weighted by Gasteiger charge is 2.62. The number of allylic oxidation sites excluding steroid dienone is 2. The lowest BCUT2D eigenvalue weighted by molar-refractivity contribution is -0.118. The first-order valence-corrected chi connectivity index (χ1v) is 12.2. The largest absolute Gasteiger partial charge is 0.367 e. The Morgan fingerprint density at radius 2 is 1.45 bits per heavy atom. The number of carbonyl (C=O) groups is 1. The quantitative estimate of drug-likeness (QED) is 0.487. The van der Waals surface area contributed by atoms with Gasteiger partial charge in [0.15, 0.2) is 0 Å². The van der Waals surface area contributed by atoms with Crippen molar-refractivity contribution in [3.05, 3.63) is 40.0 Å². The van der Waals surface area contributed by atoms with Crippen LogP contribution in [0.1, 0.15) is 19.3 Å². The molecule has 0 radical (unpaired) electrons. The number of piperidine rings is 1. The van der Waals surface area contributed by atoms with Crippen molar-refractivity contribution < 1.29 is 13.2 Å².